The van der Waals surface area contributed by atoms with Crippen LogP contribution in [0.1, 0.15) is 10.5 Å². The van der Waals surface area contributed by atoms with Crippen LogP contribution in [0.25, 0.3) is 0 Å². The SMILES string of the molecule is NC1=NCCN1CC(=O)Nc1ccc(N(c2scnc2C(=O)O)S(=O)[O-])cc1F. The van der Waals surface area contributed by atoms with E-state index >= 15 is 0 Å². The Morgan fingerprint density at radius 2 is 2.24 bits per heavy atom. The Labute approximate surface area is 170 Å². The van der Waals surface area contributed by atoms with Crippen molar-refractivity contribution in [3.8, 4) is 0 Å². The van der Waals surface area contributed by atoms with E-state index in [1.165, 1.54) is 17.0 Å². The maximum Gasteiger partial charge on any atom is 0.357 e. The quantitative estimate of drug-likeness (QED) is 0.522. The summed E-state index contributed by atoms with van der Waals surface area (Å²) < 4.78 is 38.4. The maximum atomic E-state index is 14.5. The minimum atomic E-state index is -2.94. The number of nitrogens with one attached hydrogen (secondary N) is 1. The average molecular weight is 441 g/mol. The number of aliphatic imine (C=N–C) groups is 1. The number of aromatic carboxylic acids is 1. The molecule has 29 heavy (non-hydrogen) atoms. The number of halogens is 1. The number of carboxylic acids is 1. The highest BCUT2D eigenvalue weighted by Crippen LogP contribution is 2.34. The first-order valence-corrected chi connectivity index (χ1v) is 9.89. The number of carbonyl (C=O) groups excluding carboxylic acids is 1. The molecule has 0 saturated carbocycles. The van der Waals surface area contributed by atoms with Gasteiger partial charge in [-0.2, -0.15) is 0 Å². The molecule has 1 aliphatic heterocycles. The monoisotopic (exact) mass is 441 g/mol. The van der Waals surface area contributed by atoms with Crippen LogP contribution in [0.4, 0.5) is 20.8 Å². The van der Waals surface area contributed by atoms with Crippen LogP contribution < -0.4 is 15.4 Å². The van der Waals surface area contributed by atoms with E-state index in [2.05, 4.69) is 15.3 Å². The number of aromatic nitrogens is 1. The highest BCUT2D eigenvalue weighted by Gasteiger charge is 2.23. The topological polar surface area (TPSA) is 164 Å². The number of benzene rings is 1. The van der Waals surface area contributed by atoms with Crippen molar-refractivity contribution in [2.45, 2.75) is 0 Å². The third kappa shape index (κ3) is 4.49. The van der Waals surface area contributed by atoms with E-state index in [4.69, 9.17) is 10.8 Å². The molecule has 14 heteroatoms. The summed E-state index contributed by atoms with van der Waals surface area (Å²) in [6.07, 6.45) is 0. The first kappa shape index (κ1) is 20.6. The number of rotatable bonds is 7. The largest absolute Gasteiger partial charge is 0.755 e. The van der Waals surface area contributed by atoms with Gasteiger partial charge in [0.2, 0.25) is 5.91 Å². The van der Waals surface area contributed by atoms with Crippen molar-refractivity contribution in [1.29, 1.82) is 0 Å². The summed E-state index contributed by atoms with van der Waals surface area (Å²) in [6.45, 7) is 0.835. The number of thiazole rings is 1. The molecule has 1 amide bonds. The van der Waals surface area contributed by atoms with Crippen LogP contribution in [-0.4, -0.2) is 61.2 Å². The molecule has 0 spiro atoms. The van der Waals surface area contributed by atoms with Gasteiger partial charge in [0.05, 0.1) is 34.7 Å². The lowest BCUT2D eigenvalue weighted by Gasteiger charge is -2.25. The lowest BCUT2D eigenvalue weighted by atomic mass is 10.2. The van der Waals surface area contributed by atoms with Crippen LogP contribution in [-0.2, 0) is 16.1 Å². The number of hydrogen-bond acceptors (Lipinski definition) is 9. The van der Waals surface area contributed by atoms with Crippen molar-refractivity contribution in [3.63, 3.8) is 0 Å². The van der Waals surface area contributed by atoms with Crippen molar-refractivity contribution < 1.29 is 27.8 Å². The van der Waals surface area contributed by atoms with E-state index < -0.39 is 34.7 Å². The molecule has 154 valence electrons. The predicted molar refractivity (Wildman–Crippen MR) is 103 cm³/mol. The number of hydrogen-bond donors (Lipinski definition) is 3. The van der Waals surface area contributed by atoms with Crippen molar-refractivity contribution >= 4 is 56.8 Å². The summed E-state index contributed by atoms with van der Waals surface area (Å²) in [6, 6.07) is 3.26. The molecule has 1 aromatic carbocycles. The molecule has 11 nitrogen and oxygen atoms in total. The summed E-state index contributed by atoms with van der Waals surface area (Å²) in [5.41, 5.74) is 5.97. The molecule has 1 unspecified atom stereocenters. The van der Waals surface area contributed by atoms with Gasteiger partial charge in [0.1, 0.15) is 17.4 Å². The third-order valence-corrected chi connectivity index (χ3v) is 5.47. The Hall–Kier alpha value is -3.10. The van der Waals surface area contributed by atoms with Crippen LogP contribution >= 0.6 is 11.3 Å². The van der Waals surface area contributed by atoms with Gasteiger partial charge in [0, 0.05) is 12.6 Å². The smallest absolute Gasteiger partial charge is 0.357 e. The van der Waals surface area contributed by atoms with E-state index in [0.717, 1.165) is 22.9 Å². The van der Waals surface area contributed by atoms with E-state index in [1.807, 2.05) is 0 Å². The van der Waals surface area contributed by atoms with Crippen LogP contribution in [0.5, 0.6) is 0 Å². The zero-order chi connectivity index (χ0) is 21.1. The van der Waals surface area contributed by atoms with Gasteiger partial charge in [-0.25, -0.2) is 14.2 Å². The first-order valence-electron chi connectivity index (χ1n) is 7.98. The number of carbonyl (C=O) groups is 2. The summed E-state index contributed by atoms with van der Waals surface area (Å²) in [5, 5.41) is 11.3. The Morgan fingerprint density at radius 3 is 2.83 bits per heavy atom. The third-order valence-electron chi connectivity index (χ3n) is 3.85. The van der Waals surface area contributed by atoms with E-state index in [1.54, 1.807) is 0 Å². The highest BCUT2D eigenvalue weighted by atomic mass is 32.2. The minimum absolute atomic E-state index is 0.115. The lowest BCUT2D eigenvalue weighted by Crippen LogP contribution is -2.39. The second-order valence-electron chi connectivity index (χ2n) is 5.70. The molecule has 4 N–H and O–H groups in total. The summed E-state index contributed by atoms with van der Waals surface area (Å²) in [5.74, 6) is -2.64. The van der Waals surface area contributed by atoms with E-state index in [0.29, 0.717) is 17.4 Å². The molecule has 0 bridgehead atoms. The number of carboxylic acid groups (broad SMARTS) is 1. The normalized spacial score (nSPS) is 14.4. The van der Waals surface area contributed by atoms with Gasteiger partial charge in [0.15, 0.2) is 11.7 Å². The highest BCUT2D eigenvalue weighted by molar-refractivity contribution is 7.81. The predicted octanol–water partition coefficient (Wildman–Crippen LogP) is 0.481. The Bertz CT molecular complexity index is 1010. The van der Waals surface area contributed by atoms with Crippen LogP contribution in [0.2, 0.25) is 0 Å². The van der Waals surface area contributed by atoms with Gasteiger partial charge in [-0.1, -0.05) is 0 Å². The molecule has 0 radical (unpaired) electrons. The summed E-state index contributed by atoms with van der Waals surface area (Å²) in [7, 11) is 0. The van der Waals surface area contributed by atoms with Gasteiger partial charge >= 0.3 is 5.97 Å². The standard InChI is InChI=1S/C15H15FN6O5S2/c16-9-5-8(22(29(26)27)13-12(14(24)25)19-7-28-13)1-2-10(9)20-11(23)6-21-4-3-18-15(21)17/h1-2,5,7H,3-4,6H2,(H2,17,18)(H,20,23)(H,24,25)(H,26,27)/p-1. The van der Waals surface area contributed by atoms with E-state index in [9.17, 15) is 22.7 Å². The molecule has 0 saturated heterocycles. The molecular weight excluding hydrogens is 427 g/mol. The number of nitrogens with two attached hydrogens (primary N) is 1. The average Bonchev–Trinajstić information content (AvgIpc) is 3.27. The molecule has 2 heterocycles. The summed E-state index contributed by atoms with van der Waals surface area (Å²) >= 11 is -2.17. The Morgan fingerprint density at radius 1 is 1.48 bits per heavy atom. The van der Waals surface area contributed by atoms with Crippen molar-refractivity contribution in [3.05, 3.63) is 35.2 Å². The zero-order valence-corrected chi connectivity index (χ0v) is 16.2. The van der Waals surface area contributed by atoms with Gasteiger partial charge in [-0.3, -0.25) is 18.3 Å². The number of nitrogens with zero attached hydrogens (tertiary/aromatic N) is 4. The second kappa shape index (κ2) is 8.50. The molecule has 0 fully saturated rings. The lowest BCUT2D eigenvalue weighted by molar-refractivity contribution is -0.116. The zero-order valence-electron chi connectivity index (χ0n) is 14.6. The number of amides is 1. The van der Waals surface area contributed by atoms with Gasteiger partial charge in [-0.15, -0.1) is 11.3 Å². The van der Waals surface area contributed by atoms with Gasteiger partial charge in [-0.05, 0) is 12.1 Å². The number of guanidine groups is 1. The Kier molecular flexibility index (Phi) is 6.05. The minimum Gasteiger partial charge on any atom is -0.755 e. The fourth-order valence-electron chi connectivity index (χ4n) is 2.56. The van der Waals surface area contributed by atoms with Crippen LogP contribution in [0, 0.1) is 5.82 Å². The van der Waals surface area contributed by atoms with Gasteiger partial charge in [0.25, 0.3) is 0 Å². The molecule has 1 aliphatic rings. The van der Waals surface area contributed by atoms with Gasteiger partial charge < -0.3 is 25.6 Å². The molecule has 1 aromatic heterocycles. The molecule has 3 rings (SSSR count). The maximum absolute atomic E-state index is 14.5. The van der Waals surface area contributed by atoms with Crippen LogP contribution in [0.15, 0.2) is 28.7 Å². The van der Waals surface area contributed by atoms with Crippen molar-refractivity contribution in [1.82, 2.24) is 9.88 Å². The summed E-state index contributed by atoms with van der Waals surface area (Å²) in [4.78, 5) is 32.4. The first-order chi connectivity index (χ1) is 13.8. The van der Waals surface area contributed by atoms with E-state index in [-0.39, 0.29) is 28.9 Å². The fraction of sp³-hybridized carbons (Fsp3) is 0.200. The van der Waals surface area contributed by atoms with Crippen molar-refractivity contribution in [2.24, 2.45) is 10.7 Å². The molecule has 0 aliphatic carbocycles. The Balaban J connectivity index is 1.81. The molecule has 2 aromatic rings. The number of anilines is 3. The molecular formula is C15H14FN6O5S2-. The second-order valence-corrected chi connectivity index (χ2v) is 7.33. The van der Waals surface area contributed by atoms with Crippen molar-refractivity contribution in [2.75, 3.05) is 29.3 Å². The van der Waals surface area contributed by atoms with Crippen LogP contribution in [0.3, 0.4) is 0 Å². The molecule has 1 atom stereocenters. The fourth-order valence-corrected chi connectivity index (χ4v) is 4.09.